The summed E-state index contributed by atoms with van der Waals surface area (Å²) in [4.78, 5) is 13.5. The van der Waals surface area contributed by atoms with Gasteiger partial charge in [0.1, 0.15) is 5.75 Å². The molecule has 0 radical (unpaired) electrons. The molecule has 1 fully saturated rings. The zero-order valence-corrected chi connectivity index (χ0v) is 15.4. The van der Waals surface area contributed by atoms with Gasteiger partial charge < -0.3 is 10.0 Å². The fourth-order valence-electron chi connectivity index (χ4n) is 2.98. The lowest BCUT2D eigenvalue weighted by atomic mass is 9.78. The van der Waals surface area contributed by atoms with Crippen molar-refractivity contribution in [1.29, 1.82) is 0 Å². The first-order chi connectivity index (χ1) is 10.4. The molecule has 1 heterocycles. The molecule has 126 valence electrons. The van der Waals surface area contributed by atoms with Crippen LogP contribution in [0.15, 0.2) is 17.8 Å². The average Bonchev–Trinajstić information content (AvgIpc) is 2.70. The minimum atomic E-state index is -0.143. The molecule has 1 N–H and O–H groups in total. The molecule has 1 aromatic rings. The maximum absolute atomic E-state index is 11.7. The van der Waals surface area contributed by atoms with Gasteiger partial charge in [0.2, 0.25) is 5.91 Å². The molecule has 0 saturated carbocycles. The monoisotopic (exact) mass is 315 g/mol. The molecule has 2 rings (SSSR count). The summed E-state index contributed by atoms with van der Waals surface area (Å²) in [7, 11) is 1.83. The summed E-state index contributed by atoms with van der Waals surface area (Å²) in [5.74, 6) is 0.560. The highest BCUT2D eigenvalue weighted by molar-refractivity contribution is 5.82. The van der Waals surface area contributed by atoms with Gasteiger partial charge in [-0.1, -0.05) is 41.5 Å². The molecule has 0 aromatic heterocycles. The van der Waals surface area contributed by atoms with Crippen molar-refractivity contribution < 1.29 is 9.90 Å². The first-order valence-corrected chi connectivity index (χ1v) is 8.26. The molecule has 0 aliphatic carbocycles. The Morgan fingerprint density at radius 3 is 1.83 bits per heavy atom. The minimum absolute atomic E-state index is 0.143. The van der Waals surface area contributed by atoms with Gasteiger partial charge in [-0.2, -0.15) is 0 Å². The first-order valence-electron chi connectivity index (χ1n) is 8.26. The van der Waals surface area contributed by atoms with Gasteiger partial charge in [0.05, 0.1) is 0 Å². The SMILES string of the molecule is CN1C(=O)CCC1=Cc1cc(C(C)(C)C)c(O)c(C(C)(C)C)c1. The number of benzene rings is 1. The van der Waals surface area contributed by atoms with Gasteiger partial charge in [0, 0.05) is 30.3 Å². The quantitative estimate of drug-likeness (QED) is 0.824. The molecule has 0 bridgehead atoms. The molecule has 1 aliphatic rings. The third kappa shape index (κ3) is 3.60. The van der Waals surface area contributed by atoms with Crippen LogP contribution in [0.25, 0.3) is 6.08 Å². The number of nitrogens with zero attached hydrogens (tertiary/aromatic N) is 1. The van der Waals surface area contributed by atoms with E-state index in [2.05, 4.69) is 47.6 Å². The number of amides is 1. The van der Waals surface area contributed by atoms with Gasteiger partial charge in [0.25, 0.3) is 0 Å². The van der Waals surface area contributed by atoms with E-state index in [4.69, 9.17) is 0 Å². The fourth-order valence-corrected chi connectivity index (χ4v) is 2.98. The van der Waals surface area contributed by atoms with Crippen molar-refractivity contribution in [2.24, 2.45) is 0 Å². The van der Waals surface area contributed by atoms with E-state index in [1.165, 1.54) is 0 Å². The summed E-state index contributed by atoms with van der Waals surface area (Å²) in [5, 5.41) is 10.8. The molecule has 3 heteroatoms. The van der Waals surface area contributed by atoms with Crippen LogP contribution in [0.5, 0.6) is 5.75 Å². The number of carbonyl (C=O) groups excluding carboxylic acids is 1. The summed E-state index contributed by atoms with van der Waals surface area (Å²) in [6.07, 6.45) is 3.44. The Morgan fingerprint density at radius 2 is 1.48 bits per heavy atom. The van der Waals surface area contributed by atoms with Crippen LogP contribution in [0, 0.1) is 0 Å². The van der Waals surface area contributed by atoms with Crippen LogP contribution in [0.3, 0.4) is 0 Å². The van der Waals surface area contributed by atoms with Gasteiger partial charge >= 0.3 is 0 Å². The Hall–Kier alpha value is -1.77. The van der Waals surface area contributed by atoms with Crippen molar-refractivity contribution in [1.82, 2.24) is 4.90 Å². The molecular formula is C20H29NO2. The van der Waals surface area contributed by atoms with Crippen LogP contribution >= 0.6 is 0 Å². The van der Waals surface area contributed by atoms with Crippen LogP contribution in [0.2, 0.25) is 0 Å². The molecule has 1 amide bonds. The normalized spacial score (nSPS) is 18.1. The van der Waals surface area contributed by atoms with Gasteiger partial charge in [-0.15, -0.1) is 0 Å². The highest BCUT2D eigenvalue weighted by atomic mass is 16.3. The summed E-state index contributed by atoms with van der Waals surface area (Å²) in [5.41, 5.74) is 3.70. The molecule has 1 aliphatic heterocycles. The summed E-state index contributed by atoms with van der Waals surface area (Å²) in [6.45, 7) is 12.6. The predicted octanol–water partition coefficient (Wildman–Crippen LogP) is 4.58. The van der Waals surface area contributed by atoms with E-state index in [1.54, 1.807) is 4.90 Å². The van der Waals surface area contributed by atoms with E-state index < -0.39 is 0 Å². The Bertz CT molecular complexity index is 622. The zero-order valence-electron chi connectivity index (χ0n) is 15.4. The Kier molecular flexibility index (Phi) is 4.36. The predicted molar refractivity (Wildman–Crippen MR) is 95.5 cm³/mol. The lowest BCUT2D eigenvalue weighted by Crippen LogP contribution is -2.18. The number of hydrogen-bond donors (Lipinski definition) is 1. The average molecular weight is 315 g/mol. The van der Waals surface area contributed by atoms with Gasteiger partial charge in [-0.3, -0.25) is 4.79 Å². The smallest absolute Gasteiger partial charge is 0.226 e. The highest BCUT2D eigenvalue weighted by Crippen LogP contribution is 2.40. The molecule has 0 atom stereocenters. The number of allylic oxidation sites excluding steroid dienone is 1. The number of rotatable bonds is 1. The molecular weight excluding hydrogens is 286 g/mol. The second-order valence-corrected chi connectivity index (χ2v) is 8.55. The number of phenols is 1. The summed E-state index contributed by atoms with van der Waals surface area (Å²) < 4.78 is 0. The number of hydrogen-bond acceptors (Lipinski definition) is 2. The molecule has 0 spiro atoms. The highest BCUT2D eigenvalue weighted by Gasteiger charge is 2.27. The third-order valence-corrected chi connectivity index (χ3v) is 4.48. The van der Waals surface area contributed by atoms with Crippen molar-refractivity contribution in [2.45, 2.75) is 65.2 Å². The lowest BCUT2D eigenvalue weighted by Gasteiger charge is -2.28. The number of phenolic OH excluding ortho intramolecular Hbond substituents is 1. The van der Waals surface area contributed by atoms with E-state index in [-0.39, 0.29) is 16.7 Å². The van der Waals surface area contributed by atoms with E-state index in [0.29, 0.717) is 12.2 Å². The summed E-state index contributed by atoms with van der Waals surface area (Å²) >= 11 is 0. The minimum Gasteiger partial charge on any atom is -0.507 e. The second kappa shape index (κ2) is 5.70. The molecule has 0 unspecified atom stereocenters. The molecule has 1 aromatic carbocycles. The van der Waals surface area contributed by atoms with Crippen LogP contribution in [0.1, 0.15) is 71.1 Å². The molecule has 23 heavy (non-hydrogen) atoms. The Labute approximate surface area is 140 Å². The zero-order chi connectivity index (χ0) is 17.6. The maximum Gasteiger partial charge on any atom is 0.226 e. The van der Waals surface area contributed by atoms with Gasteiger partial charge in [0.15, 0.2) is 0 Å². The van der Waals surface area contributed by atoms with Crippen molar-refractivity contribution in [2.75, 3.05) is 7.05 Å². The fraction of sp³-hybridized carbons (Fsp3) is 0.550. The second-order valence-electron chi connectivity index (χ2n) is 8.55. The van der Waals surface area contributed by atoms with E-state index >= 15 is 0 Å². The van der Waals surface area contributed by atoms with Crippen LogP contribution in [-0.4, -0.2) is 23.0 Å². The van der Waals surface area contributed by atoms with Crippen molar-refractivity contribution >= 4 is 12.0 Å². The summed E-state index contributed by atoms with van der Waals surface area (Å²) in [6, 6.07) is 4.10. The molecule has 3 nitrogen and oxygen atoms in total. The van der Waals surface area contributed by atoms with E-state index in [1.807, 2.05) is 19.2 Å². The largest absolute Gasteiger partial charge is 0.507 e. The topological polar surface area (TPSA) is 40.5 Å². The van der Waals surface area contributed by atoms with Crippen LogP contribution in [-0.2, 0) is 15.6 Å². The first kappa shape index (κ1) is 17.6. The van der Waals surface area contributed by atoms with Crippen molar-refractivity contribution in [3.05, 3.63) is 34.5 Å². The third-order valence-electron chi connectivity index (χ3n) is 4.48. The molecule has 1 saturated heterocycles. The number of likely N-dealkylation sites (tertiary alicyclic amines) is 1. The number of aromatic hydroxyl groups is 1. The Morgan fingerprint density at radius 1 is 1.00 bits per heavy atom. The maximum atomic E-state index is 11.7. The van der Waals surface area contributed by atoms with Gasteiger partial charge in [-0.05, 0) is 41.0 Å². The standard InChI is InChI=1S/C20H29NO2/c1-19(2,3)15-11-13(10-14-8-9-17(22)21(14)7)12-16(18(15)23)20(4,5)6/h10-12,23H,8-9H2,1-7H3. The number of carbonyl (C=O) groups is 1. The van der Waals surface area contributed by atoms with E-state index in [0.717, 1.165) is 28.8 Å². The van der Waals surface area contributed by atoms with Crippen LogP contribution < -0.4 is 0 Å². The van der Waals surface area contributed by atoms with Gasteiger partial charge in [-0.25, -0.2) is 0 Å². The van der Waals surface area contributed by atoms with E-state index in [9.17, 15) is 9.90 Å². The lowest BCUT2D eigenvalue weighted by molar-refractivity contribution is -0.125. The van der Waals surface area contributed by atoms with Crippen LogP contribution in [0.4, 0.5) is 0 Å². The van der Waals surface area contributed by atoms with Crippen molar-refractivity contribution in [3.8, 4) is 5.75 Å². The Balaban J connectivity index is 2.62. The van der Waals surface area contributed by atoms with Crippen molar-refractivity contribution in [3.63, 3.8) is 0 Å².